The van der Waals surface area contributed by atoms with Crippen molar-refractivity contribution in [1.82, 2.24) is 9.97 Å². The first-order valence-corrected chi connectivity index (χ1v) is 8.98. The van der Waals surface area contributed by atoms with Crippen molar-refractivity contribution in [3.8, 4) is 5.75 Å². The maximum absolute atomic E-state index is 6.05. The zero-order valence-corrected chi connectivity index (χ0v) is 14.9. The van der Waals surface area contributed by atoms with Crippen LogP contribution in [0.25, 0.3) is 11.0 Å². The average molecular weight is 342 g/mol. The Kier molecular flexibility index (Phi) is 4.69. The van der Waals surface area contributed by atoms with Gasteiger partial charge in [0, 0.05) is 6.42 Å². The predicted molar refractivity (Wildman–Crippen MR) is 105 cm³/mol. The molecule has 4 aromatic rings. The van der Waals surface area contributed by atoms with Gasteiger partial charge in [-0.15, -0.1) is 0 Å². The molecule has 0 aliphatic heterocycles. The van der Waals surface area contributed by atoms with Crippen LogP contribution < -0.4 is 4.74 Å². The monoisotopic (exact) mass is 342 g/mol. The molecule has 0 aliphatic carbocycles. The van der Waals surface area contributed by atoms with Crippen LogP contribution in [-0.4, -0.2) is 9.97 Å². The summed E-state index contributed by atoms with van der Waals surface area (Å²) in [6.07, 6.45) is 1.86. The van der Waals surface area contributed by atoms with Gasteiger partial charge in [0.05, 0.1) is 5.52 Å². The van der Waals surface area contributed by atoms with E-state index in [1.807, 2.05) is 30.3 Å². The Morgan fingerprint density at radius 2 is 1.50 bits per heavy atom. The van der Waals surface area contributed by atoms with Crippen LogP contribution in [0, 0.1) is 6.92 Å². The molecular formula is C23H22N2O. The lowest BCUT2D eigenvalue weighted by Gasteiger charge is -2.07. The van der Waals surface area contributed by atoms with Crippen LogP contribution in [0.2, 0.25) is 0 Å². The fourth-order valence-electron chi connectivity index (χ4n) is 3.13. The predicted octanol–water partition coefficient (Wildman–Crippen LogP) is 5.24. The number of aryl methyl sites for hydroxylation is 3. The Hall–Kier alpha value is -3.07. The first kappa shape index (κ1) is 16.4. The van der Waals surface area contributed by atoms with Crippen LogP contribution in [0.3, 0.4) is 0 Å². The summed E-state index contributed by atoms with van der Waals surface area (Å²) in [7, 11) is 0. The number of benzene rings is 3. The molecule has 0 amide bonds. The fraction of sp³-hybridized carbons (Fsp3) is 0.174. The maximum Gasteiger partial charge on any atom is 0.147 e. The van der Waals surface area contributed by atoms with E-state index in [4.69, 9.17) is 9.72 Å². The van der Waals surface area contributed by atoms with Gasteiger partial charge in [-0.2, -0.15) is 0 Å². The number of H-pyrrole nitrogens is 1. The SMILES string of the molecule is Cc1ccc(OCc2ccccc2)c2nc(CCc3ccccc3)[nH]c12. The molecule has 26 heavy (non-hydrogen) atoms. The third-order valence-electron chi connectivity index (χ3n) is 4.60. The van der Waals surface area contributed by atoms with Crippen molar-refractivity contribution in [3.63, 3.8) is 0 Å². The number of ether oxygens (including phenoxy) is 1. The normalized spacial score (nSPS) is 11.0. The highest BCUT2D eigenvalue weighted by molar-refractivity contribution is 5.84. The molecule has 0 saturated carbocycles. The second-order valence-electron chi connectivity index (χ2n) is 6.55. The van der Waals surface area contributed by atoms with E-state index in [0.717, 1.165) is 41.0 Å². The van der Waals surface area contributed by atoms with Crippen molar-refractivity contribution in [3.05, 3.63) is 95.3 Å². The zero-order chi connectivity index (χ0) is 17.8. The van der Waals surface area contributed by atoms with E-state index >= 15 is 0 Å². The molecule has 0 bridgehead atoms. The van der Waals surface area contributed by atoms with Crippen LogP contribution in [-0.2, 0) is 19.4 Å². The molecule has 0 fully saturated rings. The molecule has 1 aromatic heterocycles. The Balaban J connectivity index is 1.55. The molecule has 0 saturated heterocycles. The van der Waals surface area contributed by atoms with Gasteiger partial charge in [-0.05, 0) is 36.1 Å². The van der Waals surface area contributed by atoms with Crippen LogP contribution in [0.5, 0.6) is 5.75 Å². The molecule has 1 heterocycles. The highest BCUT2D eigenvalue weighted by Gasteiger charge is 2.11. The summed E-state index contributed by atoms with van der Waals surface area (Å²) < 4.78 is 6.05. The summed E-state index contributed by atoms with van der Waals surface area (Å²) in [5, 5.41) is 0. The fourth-order valence-corrected chi connectivity index (χ4v) is 3.13. The minimum atomic E-state index is 0.547. The minimum absolute atomic E-state index is 0.547. The number of hydrogen-bond donors (Lipinski definition) is 1. The molecule has 0 radical (unpaired) electrons. The average Bonchev–Trinajstić information content (AvgIpc) is 3.13. The lowest BCUT2D eigenvalue weighted by Crippen LogP contribution is -1.96. The van der Waals surface area contributed by atoms with Gasteiger partial charge >= 0.3 is 0 Å². The molecule has 0 atom stereocenters. The minimum Gasteiger partial charge on any atom is -0.487 e. The standard InChI is InChI=1S/C23H22N2O/c1-17-12-14-20(26-16-19-10-6-3-7-11-19)23-22(17)24-21(25-23)15-13-18-8-4-2-5-9-18/h2-12,14H,13,15-16H2,1H3,(H,24,25). The van der Waals surface area contributed by atoms with Crippen molar-refractivity contribution < 1.29 is 4.74 Å². The van der Waals surface area contributed by atoms with Crippen LogP contribution in [0.4, 0.5) is 0 Å². The number of fused-ring (bicyclic) bond motifs is 1. The largest absolute Gasteiger partial charge is 0.487 e. The summed E-state index contributed by atoms with van der Waals surface area (Å²) in [5.74, 6) is 1.83. The van der Waals surface area contributed by atoms with E-state index in [2.05, 4.69) is 54.4 Å². The molecule has 0 spiro atoms. The van der Waals surface area contributed by atoms with Gasteiger partial charge in [-0.25, -0.2) is 4.98 Å². The third kappa shape index (κ3) is 3.62. The van der Waals surface area contributed by atoms with Gasteiger partial charge in [0.2, 0.25) is 0 Å². The summed E-state index contributed by atoms with van der Waals surface area (Å²) in [5.41, 5.74) is 5.65. The number of aromatic nitrogens is 2. The van der Waals surface area contributed by atoms with Gasteiger partial charge in [0.1, 0.15) is 23.7 Å². The topological polar surface area (TPSA) is 37.9 Å². The highest BCUT2D eigenvalue weighted by atomic mass is 16.5. The molecule has 3 heteroatoms. The second-order valence-corrected chi connectivity index (χ2v) is 6.55. The van der Waals surface area contributed by atoms with Gasteiger partial charge in [-0.1, -0.05) is 66.7 Å². The molecule has 3 nitrogen and oxygen atoms in total. The van der Waals surface area contributed by atoms with Gasteiger partial charge in [0.25, 0.3) is 0 Å². The van der Waals surface area contributed by atoms with Crippen molar-refractivity contribution in [2.24, 2.45) is 0 Å². The van der Waals surface area contributed by atoms with Crippen molar-refractivity contribution >= 4 is 11.0 Å². The Labute approximate surface area is 153 Å². The Morgan fingerprint density at radius 3 is 2.23 bits per heavy atom. The van der Waals surface area contributed by atoms with Gasteiger partial charge in [0.15, 0.2) is 0 Å². The summed E-state index contributed by atoms with van der Waals surface area (Å²) in [4.78, 5) is 8.30. The highest BCUT2D eigenvalue weighted by Crippen LogP contribution is 2.27. The number of aromatic amines is 1. The molecule has 0 unspecified atom stereocenters. The lowest BCUT2D eigenvalue weighted by molar-refractivity contribution is 0.309. The quantitative estimate of drug-likeness (QED) is 0.520. The first-order valence-electron chi connectivity index (χ1n) is 8.98. The number of nitrogens with zero attached hydrogens (tertiary/aromatic N) is 1. The second kappa shape index (κ2) is 7.44. The van der Waals surface area contributed by atoms with Crippen LogP contribution >= 0.6 is 0 Å². The lowest BCUT2D eigenvalue weighted by atomic mass is 10.1. The van der Waals surface area contributed by atoms with E-state index in [0.29, 0.717) is 6.61 Å². The van der Waals surface area contributed by atoms with Crippen LogP contribution in [0.1, 0.15) is 22.5 Å². The Bertz CT molecular complexity index is 991. The number of rotatable bonds is 6. The molecule has 130 valence electrons. The summed E-state index contributed by atoms with van der Waals surface area (Å²) in [6.45, 7) is 2.65. The van der Waals surface area contributed by atoms with E-state index in [1.54, 1.807) is 0 Å². The van der Waals surface area contributed by atoms with Crippen LogP contribution in [0.15, 0.2) is 72.8 Å². The molecular weight excluding hydrogens is 320 g/mol. The maximum atomic E-state index is 6.05. The molecule has 3 aromatic carbocycles. The summed E-state index contributed by atoms with van der Waals surface area (Å²) >= 11 is 0. The molecule has 0 aliphatic rings. The van der Waals surface area contributed by atoms with Crippen molar-refractivity contribution in [2.45, 2.75) is 26.4 Å². The van der Waals surface area contributed by atoms with Crippen molar-refractivity contribution in [2.75, 3.05) is 0 Å². The molecule has 4 rings (SSSR count). The zero-order valence-electron chi connectivity index (χ0n) is 14.9. The smallest absolute Gasteiger partial charge is 0.147 e. The van der Waals surface area contributed by atoms with E-state index in [1.165, 1.54) is 11.1 Å². The first-order chi connectivity index (χ1) is 12.8. The van der Waals surface area contributed by atoms with Gasteiger partial charge < -0.3 is 9.72 Å². The number of imidazole rings is 1. The Morgan fingerprint density at radius 1 is 0.808 bits per heavy atom. The van der Waals surface area contributed by atoms with Crippen molar-refractivity contribution in [1.29, 1.82) is 0 Å². The van der Waals surface area contributed by atoms with E-state index < -0.39 is 0 Å². The van der Waals surface area contributed by atoms with E-state index in [9.17, 15) is 0 Å². The molecule has 1 N–H and O–H groups in total. The summed E-state index contributed by atoms with van der Waals surface area (Å²) in [6, 6.07) is 24.8. The number of nitrogens with one attached hydrogen (secondary N) is 1. The number of hydrogen-bond acceptors (Lipinski definition) is 2. The third-order valence-corrected chi connectivity index (χ3v) is 4.60. The van der Waals surface area contributed by atoms with Gasteiger partial charge in [-0.3, -0.25) is 0 Å². The van der Waals surface area contributed by atoms with E-state index in [-0.39, 0.29) is 0 Å².